The maximum atomic E-state index is 13.0. The Hall–Kier alpha value is -2.67. The fraction of sp³-hybridized carbons (Fsp3) is 0.438. The minimum Gasteiger partial charge on any atom is -0.408 e. The third-order valence-electron chi connectivity index (χ3n) is 4.98. The van der Waals surface area contributed by atoms with Crippen molar-refractivity contribution in [3.05, 3.63) is 40.4 Å². The Kier molecular flexibility index (Phi) is 4.53. The van der Waals surface area contributed by atoms with Crippen LogP contribution in [0.5, 0.6) is 0 Å². The summed E-state index contributed by atoms with van der Waals surface area (Å²) < 4.78 is 74.1. The summed E-state index contributed by atoms with van der Waals surface area (Å²) in [6.45, 7) is -0.658. The molecule has 0 saturated carbocycles. The first-order chi connectivity index (χ1) is 13.6. The minimum atomic E-state index is -4.34. The monoisotopic (exact) mass is 431 g/mol. The van der Waals surface area contributed by atoms with E-state index < -0.39 is 27.9 Å². The van der Waals surface area contributed by atoms with Crippen LogP contribution in [0.2, 0.25) is 0 Å². The van der Waals surface area contributed by atoms with Crippen molar-refractivity contribution in [2.24, 2.45) is 13.0 Å². The van der Waals surface area contributed by atoms with Gasteiger partial charge in [0.25, 0.3) is 0 Å². The lowest BCUT2D eigenvalue weighted by Crippen LogP contribution is -2.34. The summed E-state index contributed by atoms with van der Waals surface area (Å²) in [4.78, 5) is 11.4. The molecule has 3 heterocycles. The molecule has 0 radical (unpaired) electrons. The van der Waals surface area contributed by atoms with Crippen molar-refractivity contribution in [2.75, 3.05) is 0 Å². The zero-order valence-electron chi connectivity index (χ0n) is 15.1. The molecule has 1 atom stereocenters. The summed E-state index contributed by atoms with van der Waals surface area (Å²) in [5.74, 6) is -1.65. The van der Waals surface area contributed by atoms with Crippen molar-refractivity contribution in [1.29, 1.82) is 0 Å². The maximum Gasteiger partial charge on any atom is 0.419 e. The molecule has 1 aliphatic heterocycles. The molecule has 13 heteroatoms. The number of hydrogen-bond donors (Lipinski definition) is 1. The van der Waals surface area contributed by atoms with Crippen molar-refractivity contribution in [2.45, 2.75) is 37.0 Å². The van der Waals surface area contributed by atoms with Crippen LogP contribution in [0.15, 0.2) is 32.3 Å². The van der Waals surface area contributed by atoms with E-state index in [0.717, 1.165) is 0 Å². The van der Waals surface area contributed by atoms with Gasteiger partial charge in [-0.1, -0.05) is 0 Å². The molecule has 156 valence electrons. The molecule has 0 amide bonds. The largest absolute Gasteiger partial charge is 0.419 e. The predicted molar refractivity (Wildman–Crippen MR) is 93.4 cm³/mol. The molecular formula is C16H16F3N5O4S. The second kappa shape index (κ2) is 6.69. The predicted octanol–water partition coefficient (Wildman–Crippen LogP) is 1.33. The molecule has 3 aromatic rings. The van der Waals surface area contributed by atoms with Gasteiger partial charge in [-0.25, -0.2) is 17.9 Å². The number of rotatable bonds is 4. The molecule has 0 aliphatic carbocycles. The normalized spacial score (nSPS) is 17.6. The van der Waals surface area contributed by atoms with Gasteiger partial charge in [-0.15, -0.1) is 10.2 Å². The first-order valence-corrected chi connectivity index (χ1v) is 10.1. The molecule has 2 aromatic heterocycles. The van der Waals surface area contributed by atoms with Gasteiger partial charge in [0, 0.05) is 20.0 Å². The first kappa shape index (κ1) is 19.6. The van der Waals surface area contributed by atoms with Gasteiger partial charge < -0.3 is 8.98 Å². The standard InChI is InChI=1S/C16H16F3N5O4S/c1-23-11-6-10(3-4-12(11)28-15(23)25)29(26,27)20-7-14-22-21-13-5-2-9(8-24(13)14)16(17,18)19/h3-4,6,9,20H,2,5,7-8H2,1H3/t9-/m1/s1. The number of nitrogens with one attached hydrogen (secondary N) is 1. The number of aromatic nitrogens is 4. The smallest absolute Gasteiger partial charge is 0.408 e. The van der Waals surface area contributed by atoms with E-state index in [9.17, 15) is 26.4 Å². The Balaban J connectivity index is 1.56. The number of aryl methyl sites for hydroxylation is 2. The van der Waals surface area contributed by atoms with Crippen molar-refractivity contribution >= 4 is 21.1 Å². The highest BCUT2D eigenvalue weighted by Crippen LogP contribution is 2.34. The van der Waals surface area contributed by atoms with Crippen molar-refractivity contribution < 1.29 is 26.0 Å². The van der Waals surface area contributed by atoms with Gasteiger partial charge in [-0.05, 0) is 24.6 Å². The molecule has 0 saturated heterocycles. The molecule has 9 nitrogen and oxygen atoms in total. The number of alkyl halides is 3. The summed E-state index contributed by atoms with van der Waals surface area (Å²) in [6.07, 6.45) is -4.29. The molecule has 0 spiro atoms. The van der Waals surface area contributed by atoms with Crippen LogP contribution in [0, 0.1) is 5.92 Å². The quantitative estimate of drug-likeness (QED) is 0.667. The van der Waals surface area contributed by atoms with Crippen molar-refractivity contribution in [3.8, 4) is 0 Å². The van der Waals surface area contributed by atoms with E-state index in [-0.39, 0.29) is 42.2 Å². The number of sulfonamides is 1. The van der Waals surface area contributed by atoms with Crippen molar-refractivity contribution in [1.82, 2.24) is 24.1 Å². The van der Waals surface area contributed by atoms with Crippen molar-refractivity contribution in [3.63, 3.8) is 0 Å². The average Bonchev–Trinajstić information content (AvgIpc) is 3.19. The molecule has 0 unspecified atom stereocenters. The number of oxazole rings is 1. The zero-order chi connectivity index (χ0) is 21.0. The Bertz CT molecular complexity index is 1240. The molecule has 4 rings (SSSR count). The van der Waals surface area contributed by atoms with E-state index in [1.54, 1.807) is 0 Å². The van der Waals surface area contributed by atoms with Gasteiger partial charge in [0.2, 0.25) is 10.0 Å². The SMILES string of the molecule is Cn1c(=O)oc2ccc(S(=O)(=O)NCc3nnc4n3C[C@H](C(F)(F)F)CC4)cc21. The highest BCUT2D eigenvalue weighted by atomic mass is 32.2. The Morgan fingerprint density at radius 2 is 2.07 bits per heavy atom. The van der Waals surface area contributed by atoms with Crippen LogP contribution in [0.1, 0.15) is 18.1 Å². The second-order valence-corrected chi connectivity index (χ2v) is 8.57. The molecule has 0 bridgehead atoms. The zero-order valence-corrected chi connectivity index (χ0v) is 15.9. The molecule has 0 fully saturated rings. The van der Waals surface area contributed by atoms with Crippen LogP contribution in [0.4, 0.5) is 13.2 Å². The number of halogens is 3. The van der Waals surface area contributed by atoms with Crippen LogP contribution in [0.3, 0.4) is 0 Å². The lowest BCUT2D eigenvalue weighted by Gasteiger charge is -2.26. The van der Waals surface area contributed by atoms with E-state index in [2.05, 4.69) is 14.9 Å². The summed E-state index contributed by atoms with van der Waals surface area (Å²) >= 11 is 0. The highest BCUT2D eigenvalue weighted by Gasteiger charge is 2.42. The van der Waals surface area contributed by atoms with Gasteiger partial charge in [0.1, 0.15) is 11.6 Å². The van der Waals surface area contributed by atoms with Gasteiger partial charge in [0.05, 0.1) is 22.9 Å². The Morgan fingerprint density at radius 1 is 1.31 bits per heavy atom. The van der Waals surface area contributed by atoms with E-state index in [4.69, 9.17) is 4.42 Å². The number of benzene rings is 1. The lowest BCUT2D eigenvalue weighted by molar-refractivity contribution is -0.182. The molecule has 29 heavy (non-hydrogen) atoms. The lowest BCUT2D eigenvalue weighted by atomic mass is 9.99. The van der Waals surface area contributed by atoms with Gasteiger partial charge in [-0.2, -0.15) is 13.2 Å². The molecular weight excluding hydrogens is 415 g/mol. The topological polar surface area (TPSA) is 112 Å². The van der Waals surface area contributed by atoms with Gasteiger partial charge in [-0.3, -0.25) is 4.57 Å². The van der Waals surface area contributed by atoms with E-state index in [0.29, 0.717) is 11.3 Å². The number of nitrogens with zero attached hydrogens (tertiary/aromatic N) is 4. The summed E-state index contributed by atoms with van der Waals surface area (Å²) in [7, 11) is -2.57. The summed E-state index contributed by atoms with van der Waals surface area (Å²) in [5.41, 5.74) is 0.534. The van der Waals surface area contributed by atoms with E-state index >= 15 is 0 Å². The molecule has 1 aliphatic rings. The molecule has 1 N–H and O–H groups in total. The Labute approximate surface area is 162 Å². The fourth-order valence-electron chi connectivity index (χ4n) is 3.30. The minimum absolute atomic E-state index is 0.0726. The number of fused-ring (bicyclic) bond motifs is 2. The Morgan fingerprint density at radius 3 is 2.79 bits per heavy atom. The van der Waals surface area contributed by atoms with Crippen LogP contribution >= 0.6 is 0 Å². The summed E-state index contributed by atoms with van der Waals surface area (Å²) in [5, 5.41) is 7.70. The second-order valence-electron chi connectivity index (χ2n) is 6.80. The van der Waals surface area contributed by atoms with Gasteiger partial charge in [0.15, 0.2) is 5.58 Å². The fourth-order valence-corrected chi connectivity index (χ4v) is 4.30. The summed E-state index contributed by atoms with van der Waals surface area (Å²) in [6, 6.07) is 3.91. The van der Waals surface area contributed by atoms with Crippen LogP contribution in [-0.2, 0) is 36.6 Å². The first-order valence-electron chi connectivity index (χ1n) is 8.63. The van der Waals surface area contributed by atoms with Crippen LogP contribution in [-0.4, -0.2) is 33.9 Å². The van der Waals surface area contributed by atoms with Gasteiger partial charge >= 0.3 is 11.9 Å². The third-order valence-corrected chi connectivity index (χ3v) is 6.38. The average molecular weight is 431 g/mol. The van der Waals surface area contributed by atoms with E-state index in [1.165, 1.54) is 34.4 Å². The van der Waals surface area contributed by atoms with E-state index in [1.807, 2.05) is 0 Å². The maximum absolute atomic E-state index is 13.0. The number of hydrogen-bond acceptors (Lipinski definition) is 6. The highest BCUT2D eigenvalue weighted by molar-refractivity contribution is 7.89. The van der Waals surface area contributed by atoms with Crippen LogP contribution in [0.25, 0.3) is 11.1 Å². The molecule has 1 aromatic carbocycles. The third kappa shape index (κ3) is 3.55. The van der Waals surface area contributed by atoms with Crippen LogP contribution < -0.4 is 10.5 Å².